The number of hydrogen-bond acceptors (Lipinski definition) is 2. The van der Waals surface area contributed by atoms with E-state index in [1.165, 1.54) is 6.92 Å². The monoisotopic (exact) mass is 324 g/mol. The molecule has 0 saturated heterocycles. The van der Waals surface area contributed by atoms with Crippen LogP contribution >= 0.6 is 0 Å². The standard InChI is InChI=1S/C20H24N2O2/c1-3-21-20(24)19(14-17-10-6-4-7-11-17)22(16(2)23)15-18-12-8-5-9-13-18/h4-13,19H,3,14-15H2,1-2H3,(H,21,24)/t19-/m0/s1. The average Bonchev–Trinajstić information content (AvgIpc) is 2.60. The van der Waals surface area contributed by atoms with Gasteiger partial charge in [0.25, 0.3) is 0 Å². The predicted molar refractivity (Wildman–Crippen MR) is 95.3 cm³/mol. The maximum Gasteiger partial charge on any atom is 0.243 e. The number of carbonyl (C=O) groups is 2. The first-order chi connectivity index (χ1) is 11.6. The summed E-state index contributed by atoms with van der Waals surface area (Å²) in [6.45, 7) is 4.36. The Morgan fingerprint density at radius 3 is 2.00 bits per heavy atom. The van der Waals surface area contributed by atoms with Gasteiger partial charge in [0.1, 0.15) is 6.04 Å². The molecule has 0 aliphatic rings. The second kappa shape index (κ2) is 8.87. The minimum Gasteiger partial charge on any atom is -0.355 e. The molecular formula is C20H24N2O2. The van der Waals surface area contributed by atoms with E-state index >= 15 is 0 Å². The number of amides is 2. The summed E-state index contributed by atoms with van der Waals surface area (Å²) >= 11 is 0. The molecule has 0 fully saturated rings. The quantitative estimate of drug-likeness (QED) is 0.851. The molecule has 0 aliphatic heterocycles. The van der Waals surface area contributed by atoms with Crippen molar-refractivity contribution in [3.63, 3.8) is 0 Å². The van der Waals surface area contributed by atoms with E-state index in [-0.39, 0.29) is 11.8 Å². The van der Waals surface area contributed by atoms with Crippen LogP contribution in [0.5, 0.6) is 0 Å². The molecule has 0 aromatic heterocycles. The molecule has 2 amide bonds. The van der Waals surface area contributed by atoms with Gasteiger partial charge in [0.05, 0.1) is 0 Å². The van der Waals surface area contributed by atoms with Gasteiger partial charge in [-0.05, 0) is 18.1 Å². The summed E-state index contributed by atoms with van der Waals surface area (Å²) in [5, 5.41) is 2.85. The maximum atomic E-state index is 12.6. The first-order valence-electron chi connectivity index (χ1n) is 8.24. The highest BCUT2D eigenvalue weighted by molar-refractivity contribution is 5.87. The Morgan fingerprint density at radius 1 is 0.958 bits per heavy atom. The summed E-state index contributed by atoms with van der Waals surface area (Å²) in [6, 6.07) is 19.0. The topological polar surface area (TPSA) is 49.4 Å². The van der Waals surface area contributed by atoms with Crippen LogP contribution in [0.2, 0.25) is 0 Å². The molecule has 1 atom stereocenters. The Morgan fingerprint density at radius 2 is 1.50 bits per heavy atom. The number of carbonyl (C=O) groups excluding carboxylic acids is 2. The molecule has 0 aliphatic carbocycles. The van der Waals surface area contributed by atoms with Crippen LogP contribution in [-0.4, -0.2) is 29.3 Å². The van der Waals surface area contributed by atoms with Crippen molar-refractivity contribution >= 4 is 11.8 Å². The van der Waals surface area contributed by atoms with Crippen LogP contribution in [0.4, 0.5) is 0 Å². The van der Waals surface area contributed by atoms with Crippen molar-refractivity contribution in [3.05, 3.63) is 71.8 Å². The number of nitrogens with one attached hydrogen (secondary N) is 1. The van der Waals surface area contributed by atoms with Gasteiger partial charge in [-0.15, -0.1) is 0 Å². The molecule has 0 bridgehead atoms. The minimum absolute atomic E-state index is 0.106. The Labute approximate surface area is 143 Å². The van der Waals surface area contributed by atoms with Crippen LogP contribution in [0.3, 0.4) is 0 Å². The van der Waals surface area contributed by atoms with E-state index in [1.807, 2.05) is 67.6 Å². The average molecular weight is 324 g/mol. The van der Waals surface area contributed by atoms with Crippen LogP contribution in [0, 0.1) is 0 Å². The first-order valence-corrected chi connectivity index (χ1v) is 8.24. The molecule has 0 saturated carbocycles. The summed E-state index contributed by atoms with van der Waals surface area (Å²) in [5.74, 6) is -0.224. The lowest BCUT2D eigenvalue weighted by Gasteiger charge is -2.30. The Kier molecular flexibility index (Phi) is 6.55. The molecule has 126 valence electrons. The fourth-order valence-corrected chi connectivity index (χ4v) is 2.69. The van der Waals surface area contributed by atoms with Gasteiger partial charge in [-0.3, -0.25) is 9.59 Å². The van der Waals surface area contributed by atoms with Crippen molar-refractivity contribution in [2.45, 2.75) is 32.9 Å². The second-order valence-corrected chi connectivity index (χ2v) is 5.73. The third-order valence-electron chi connectivity index (χ3n) is 3.90. The molecule has 2 aromatic carbocycles. The highest BCUT2D eigenvalue weighted by atomic mass is 16.2. The number of rotatable bonds is 7. The molecular weight excluding hydrogens is 300 g/mol. The van der Waals surface area contributed by atoms with Gasteiger partial charge in [-0.25, -0.2) is 0 Å². The van der Waals surface area contributed by atoms with Gasteiger partial charge in [0.15, 0.2) is 0 Å². The van der Waals surface area contributed by atoms with Crippen molar-refractivity contribution in [3.8, 4) is 0 Å². The van der Waals surface area contributed by atoms with E-state index in [2.05, 4.69) is 5.32 Å². The molecule has 2 rings (SSSR count). The Hall–Kier alpha value is -2.62. The molecule has 0 unspecified atom stereocenters. The fourth-order valence-electron chi connectivity index (χ4n) is 2.69. The SMILES string of the molecule is CCNC(=O)[C@H](Cc1ccccc1)N(Cc1ccccc1)C(C)=O. The molecule has 24 heavy (non-hydrogen) atoms. The van der Waals surface area contributed by atoms with Crippen molar-refractivity contribution < 1.29 is 9.59 Å². The first kappa shape index (κ1) is 17.7. The number of benzene rings is 2. The zero-order valence-corrected chi connectivity index (χ0v) is 14.2. The Bertz CT molecular complexity index is 656. The lowest BCUT2D eigenvalue weighted by Crippen LogP contribution is -2.49. The number of likely N-dealkylation sites (N-methyl/N-ethyl adjacent to an activating group) is 1. The van der Waals surface area contributed by atoms with Gasteiger partial charge >= 0.3 is 0 Å². The smallest absolute Gasteiger partial charge is 0.243 e. The van der Waals surface area contributed by atoms with E-state index < -0.39 is 6.04 Å². The van der Waals surface area contributed by atoms with Crippen LogP contribution < -0.4 is 5.32 Å². The van der Waals surface area contributed by atoms with E-state index in [1.54, 1.807) is 4.90 Å². The number of hydrogen-bond donors (Lipinski definition) is 1. The van der Waals surface area contributed by atoms with E-state index in [0.717, 1.165) is 11.1 Å². The fraction of sp³-hybridized carbons (Fsp3) is 0.300. The van der Waals surface area contributed by atoms with E-state index in [0.29, 0.717) is 19.5 Å². The van der Waals surface area contributed by atoms with Crippen molar-refractivity contribution in [2.75, 3.05) is 6.54 Å². The van der Waals surface area contributed by atoms with Gasteiger partial charge in [-0.2, -0.15) is 0 Å². The van der Waals surface area contributed by atoms with Crippen molar-refractivity contribution in [2.24, 2.45) is 0 Å². The molecule has 0 heterocycles. The zero-order chi connectivity index (χ0) is 17.4. The second-order valence-electron chi connectivity index (χ2n) is 5.73. The van der Waals surface area contributed by atoms with Gasteiger partial charge in [0, 0.05) is 26.4 Å². The van der Waals surface area contributed by atoms with Crippen molar-refractivity contribution in [1.82, 2.24) is 10.2 Å². The molecule has 2 aromatic rings. The maximum absolute atomic E-state index is 12.6. The minimum atomic E-state index is -0.523. The lowest BCUT2D eigenvalue weighted by atomic mass is 10.0. The van der Waals surface area contributed by atoms with Crippen LogP contribution in [0.25, 0.3) is 0 Å². The summed E-state index contributed by atoms with van der Waals surface area (Å²) in [4.78, 5) is 26.5. The molecule has 0 radical (unpaired) electrons. The van der Waals surface area contributed by atoms with Crippen molar-refractivity contribution in [1.29, 1.82) is 0 Å². The number of nitrogens with zero attached hydrogens (tertiary/aromatic N) is 1. The predicted octanol–water partition coefficient (Wildman–Crippen LogP) is 2.78. The van der Waals surface area contributed by atoms with E-state index in [4.69, 9.17) is 0 Å². The van der Waals surface area contributed by atoms with Crippen LogP contribution in [-0.2, 0) is 22.6 Å². The largest absolute Gasteiger partial charge is 0.355 e. The summed E-state index contributed by atoms with van der Waals surface area (Å²) in [5.41, 5.74) is 2.04. The highest BCUT2D eigenvalue weighted by Crippen LogP contribution is 2.14. The van der Waals surface area contributed by atoms with Gasteiger partial charge in [-0.1, -0.05) is 60.7 Å². The molecule has 4 heteroatoms. The third-order valence-corrected chi connectivity index (χ3v) is 3.90. The van der Waals surface area contributed by atoms with Gasteiger partial charge < -0.3 is 10.2 Å². The molecule has 0 spiro atoms. The zero-order valence-electron chi connectivity index (χ0n) is 14.2. The summed E-state index contributed by atoms with van der Waals surface area (Å²) in [6.07, 6.45) is 0.499. The van der Waals surface area contributed by atoms with E-state index in [9.17, 15) is 9.59 Å². The van der Waals surface area contributed by atoms with Crippen LogP contribution in [0.15, 0.2) is 60.7 Å². The summed E-state index contributed by atoms with van der Waals surface area (Å²) in [7, 11) is 0. The Balaban J connectivity index is 2.26. The summed E-state index contributed by atoms with van der Waals surface area (Å²) < 4.78 is 0. The third kappa shape index (κ3) is 4.95. The van der Waals surface area contributed by atoms with Crippen LogP contribution in [0.1, 0.15) is 25.0 Å². The molecule has 1 N–H and O–H groups in total. The highest BCUT2D eigenvalue weighted by Gasteiger charge is 2.28. The lowest BCUT2D eigenvalue weighted by molar-refractivity contribution is -0.139. The normalized spacial score (nSPS) is 11.6. The van der Waals surface area contributed by atoms with Gasteiger partial charge in [0.2, 0.25) is 11.8 Å². The molecule has 4 nitrogen and oxygen atoms in total.